The van der Waals surface area contributed by atoms with Crippen LogP contribution in [-0.4, -0.2) is 36.1 Å². The fourth-order valence-electron chi connectivity index (χ4n) is 0.972. The molecule has 0 fully saturated rings. The normalized spacial score (nSPS) is 16.5. The lowest BCUT2D eigenvalue weighted by molar-refractivity contribution is 0.0389. The Hall–Kier alpha value is -0.120. The second kappa shape index (κ2) is 6.40. The molecule has 0 bridgehead atoms. The third-order valence-corrected chi connectivity index (χ3v) is 1.92. The number of ether oxygens (including phenoxy) is 1. The lowest BCUT2D eigenvalue weighted by atomic mass is 10.0. The quantitative estimate of drug-likeness (QED) is 0.629. The van der Waals surface area contributed by atoms with Crippen LogP contribution in [0.5, 0.6) is 0 Å². The van der Waals surface area contributed by atoms with Gasteiger partial charge in [-0.3, -0.25) is 0 Å². The van der Waals surface area contributed by atoms with E-state index in [1.807, 2.05) is 13.8 Å². The molecule has 0 aliphatic carbocycles. The van der Waals surface area contributed by atoms with Crippen LogP contribution in [-0.2, 0) is 4.74 Å². The molecule has 0 aromatic carbocycles. The molecule has 0 heterocycles. The second-order valence-corrected chi connectivity index (χ2v) is 3.50. The smallest absolute Gasteiger partial charge is 0.0774 e. The standard InChI is InChI=1S/C9H20O3/c1-7(2)9(11)5-4-8(10)6-12-3/h7-11H,4-6H2,1-3H3. The minimum Gasteiger partial charge on any atom is -0.393 e. The van der Waals surface area contributed by atoms with Crippen molar-refractivity contribution in [2.75, 3.05) is 13.7 Å². The van der Waals surface area contributed by atoms with E-state index in [1.54, 1.807) is 7.11 Å². The minimum absolute atomic E-state index is 0.264. The molecule has 0 aliphatic rings. The van der Waals surface area contributed by atoms with Gasteiger partial charge in [0.1, 0.15) is 0 Å². The summed E-state index contributed by atoms with van der Waals surface area (Å²) >= 11 is 0. The summed E-state index contributed by atoms with van der Waals surface area (Å²) in [6.07, 6.45) is 0.495. The molecule has 0 saturated heterocycles. The summed E-state index contributed by atoms with van der Waals surface area (Å²) in [5.74, 6) is 0.264. The maximum absolute atomic E-state index is 9.39. The molecule has 0 aliphatic heterocycles. The zero-order chi connectivity index (χ0) is 9.56. The fraction of sp³-hybridized carbons (Fsp3) is 1.00. The molecule has 2 N–H and O–H groups in total. The Morgan fingerprint density at radius 2 is 1.75 bits per heavy atom. The summed E-state index contributed by atoms with van der Waals surface area (Å²) in [4.78, 5) is 0. The maximum Gasteiger partial charge on any atom is 0.0774 e. The molecular weight excluding hydrogens is 156 g/mol. The third-order valence-electron chi connectivity index (χ3n) is 1.92. The highest BCUT2D eigenvalue weighted by Gasteiger charge is 2.11. The van der Waals surface area contributed by atoms with Crippen molar-refractivity contribution in [3.05, 3.63) is 0 Å². The molecule has 0 aromatic rings. The van der Waals surface area contributed by atoms with Crippen molar-refractivity contribution < 1.29 is 14.9 Å². The van der Waals surface area contributed by atoms with E-state index in [0.29, 0.717) is 19.4 Å². The predicted molar refractivity (Wildman–Crippen MR) is 48.0 cm³/mol. The number of aliphatic hydroxyl groups is 2. The number of aliphatic hydroxyl groups excluding tert-OH is 2. The van der Waals surface area contributed by atoms with Crippen molar-refractivity contribution in [1.82, 2.24) is 0 Å². The van der Waals surface area contributed by atoms with Crippen molar-refractivity contribution >= 4 is 0 Å². The Morgan fingerprint density at radius 3 is 2.17 bits per heavy atom. The molecule has 0 spiro atoms. The molecule has 3 nitrogen and oxygen atoms in total. The third kappa shape index (κ3) is 5.52. The molecule has 0 radical (unpaired) electrons. The van der Waals surface area contributed by atoms with Gasteiger partial charge in [-0.05, 0) is 18.8 Å². The summed E-state index contributed by atoms with van der Waals surface area (Å²) in [7, 11) is 1.56. The van der Waals surface area contributed by atoms with Gasteiger partial charge < -0.3 is 14.9 Å². The van der Waals surface area contributed by atoms with E-state index in [2.05, 4.69) is 0 Å². The minimum atomic E-state index is -0.441. The van der Waals surface area contributed by atoms with Gasteiger partial charge in [0.25, 0.3) is 0 Å². The van der Waals surface area contributed by atoms with Crippen molar-refractivity contribution in [2.24, 2.45) is 5.92 Å². The zero-order valence-electron chi connectivity index (χ0n) is 8.16. The van der Waals surface area contributed by atoms with E-state index < -0.39 is 6.10 Å². The van der Waals surface area contributed by atoms with Gasteiger partial charge in [0, 0.05) is 7.11 Å². The second-order valence-electron chi connectivity index (χ2n) is 3.50. The van der Waals surface area contributed by atoms with Gasteiger partial charge in [-0.25, -0.2) is 0 Å². The van der Waals surface area contributed by atoms with Gasteiger partial charge in [-0.15, -0.1) is 0 Å². The monoisotopic (exact) mass is 176 g/mol. The SMILES string of the molecule is COCC(O)CCC(O)C(C)C. The summed E-state index contributed by atoms with van der Waals surface area (Å²) in [6.45, 7) is 4.28. The highest BCUT2D eigenvalue weighted by Crippen LogP contribution is 2.09. The van der Waals surface area contributed by atoms with E-state index in [-0.39, 0.29) is 12.0 Å². The molecule has 0 rings (SSSR count). The van der Waals surface area contributed by atoms with Crippen LogP contribution in [0.1, 0.15) is 26.7 Å². The van der Waals surface area contributed by atoms with E-state index in [4.69, 9.17) is 4.74 Å². The zero-order valence-corrected chi connectivity index (χ0v) is 8.16. The van der Waals surface area contributed by atoms with Gasteiger partial charge >= 0.3 is 0 Å². The molecular formula is C9H20O3. The van der Waals surface area contributed by atoms with E-state index in [9.17, 15) is 10.2 Å². The number of hydrogen-bond acceptors (Lipinski definition) is 3. The fourth-order valence-corrected chi connectivity index (χ4v) is 0.972. The lowest BCUT2D eigenvalue weighted by Gasteiger charge is -2.16. The topological polar surface area (TPSA) is 49.7 Å². The van der Waals surface area contributed by atoms with Crippen LogP contribution >= 0.6 is 0 Å². The van der Waals surface area contributed by atoms with Crippen LogP contribution in [0, 0.1) is 5.92 Å². The van der Waals surface area contributed by atoms with E-state index in [0.717, 1.165) is 0 Å². The first kappa shape index (κ1) is 11.9. The van der Waals surface area contributed by atoms with E-state index in [1.165, 1.54) is 0 Å². The number of methoxy groups -OCH3 is 1. The average Bonchev–Trinajstić information content (AvgIpc) is 2.00. The Bertz CT molecular complexity index is 104. The Morgan fingerprint density at radius 1 is 1.17 bits per heavy atom. The van der Waals surface area contributed by atoms with Gasteiger partial charge in [0.05, 0.1) is 18.8 Å². The van der Waals surface area contributed by atoms with Crippen LogP contribution in [0.4, 0.5) is 0 Å². The van der Waals surface area contributed by atoms with Crippen molar-refractivity contribution in [3.8, 4) is 0 Å². The molecule has 2 atom stereocenters. The maximum atomic E-state index is 9.39. The van der Waals surface area contributed by atoms with Crippen LogP contribution in [0.3, 0.4) is 0 Å². The number of rotatable bonds is 6. The Balaban J connectivity index is 3.40. The first-order valence-electron chi connectivity index (χ1n) is 4.43. The van der Waals surface area contributed by atoms with Gasteiger partial charge in [-0.1, -0.05) is 13.8 Å². The molecule has 2 unspecified atom stereocenters. The summed E-state index contributed by atoms with van der Waals surface area (Å²) in [5.41, 5.74) is 0. The molecule has 12 heavy (non-hydrogen) atoms. The highest BCUT2D eigenvalue weighted by atomic mass is 16.5. The Labute approximate surface area is 74.4 Å². The average molecular weight is 176 g/mol. The molecule has 3 heteroatoms. The summed E-state index contributed by atoms with van der Waals surface area (Å²) < 4.78 is 4.76. The highest BCUT2D eigenvalue weighted by molar-refractivity contribution is 4.63. The van der Waals surface area contributed by atoms with Crippen LogP contribution < -0.4 is 0 Å². The summed E-state index contributed by atoms with van der Waals surface area (Å²) in [5, 5.41) is 18.6. The first-order chi connectivity index (χ1) is 5.57. The van der Waals surface area contributed by atoms with Crippen molar-refractivity contribution in [2.45, 2.75) is 38.9 Å². The lowest BCUT2D eigenvalue weighted by Crippen LogP contribution is -2.20. The molecule has 0 amide bonds. The van der Waals surface area contributed by atoms with Gasteiger partial charge in [0.2, 0.25) is 0 Å². The van der Waals surface area contributed by atoms with Crippen LogP contribution in [0.15, 0.2) is 0 Å². The number of hydrogen-bond donors (Lipinski definition) is 2. The van der Waals surface area contributed by atoms with Crippen molar-refractivity contribution in [1.29, 1.82) is 0 Å². The van der Waals surface area contributed by atoms with Gasteiger partial charge in [0.15, 0.2) is 0 Å². The van der Waals surface area contributed by atoms with Gasteiger partial charge in [-0.2, -0.15) is 0 Å². The first-order valence-corrected chi connectivity index (χ1v) is 4.43. The summed E-state index contributed by atoms with van der Waals surface area (Å²) in [6, 6.07) is 0. The van der Waals surface area contributed by atoms with Crippen molar-refractivity contribution in [3.63, 3.8) is 0 Å². The molecule has 0 aromatic heterocycles. The Kier molecular flexibility index (Phi) is 6.34. The molecule has 0 saturated carbocycles. The molecule has 74 valence electrons. The van der Waals surface area contributed by atoms with E-state index >= 15 is 0 Å². The van der Waals surface area contributed by atoms with Crippen LogP contribution in [0.2, 0.25) is 0 Å². The largest absolute Gasteiger partial charge is 0.393 e. The predicted octanol–water partition coefficient (Wildman–Crippen LogP) is 0.791. The van der Waals surface area contributed by atoms with Crippen LogP contribution in [0.25, 0.3) is 0 Å².